The molecule has 1 aliphatic carbocycles. The van der Waals surface area contributed by atoms with Gasteiger partial charge in [0.1, 0.15) is 5.69 Å². The smallest absolute Gasteiger partial charge is 0.306 e. The number of Topliss-reactive ketones (excluding diaryl/α,β-unsaturated/α-hetero) is 1. The first kappa shape index (κ1) is 21.5. The molecule has 2 aromatic heterocycles. The van der Waals surface area contributed by atoms with E-state index in [1.165, 1.54) is 11.3 Å². The Kier molecular flexibility index (Phi) is 5.57. The number of nitrogens with zero attached hydrogens (tertiary/aromatic N) is 3. The van der Waals surface area contributed by atoms with Gasteiger partial charge < -0.3 is 10.2 Å². The average Bonchev–Trinajstić information content (AvgIpc) is 3.52. The lowest BCUT2D eigenvalue weighted by molar-refractivity contribution is 0.0990. The number of urea groups is 1. The van der Waals surface area contributed by atoms with Crippen LogP contribution in [-0.4, -0.2) is 70.9 Å². The molecule has 5 rings (SSSR count). The van der Waals surface area contributed by atoms with Gasteiger partial charge in [-0.25, -0.2) is 9.80 Å². The van der Waals surface area contributed by atoms with Gasteiger partial charge in [0, 0.05) is 38.2 Å². The zero-order valence-corrected chi connectivity index (χ0v) is 19.2. The normalized spacial score (nSPS) is 15.9. The highest BCUT2D eigenvalue weighted by Gasteiger charge is 2.35. The molecule has 1 aliphatic heterocycles. The van der Waals surface area contributed by atoms with E-state index >= 15 is 0 Å². The summed E-state index contributed by atoms with van der Waals surface area (Å²) in [6.45, 7) is 5.04. The topological polar surface area (TPSA) is 110 Å². The molecule has 1 fully saturated rings. The molecular weight excluding hydrogens is 440 g/mol. The molecule has 0 radical (unpaired) electrons. The van der Waals surface area contributed by atoms with Crippen molar-refractivity contribution in [2.75, 3.05) is 38.5 Å². The fourth-order valence-electron chi connectivity index (χ4n) is 4.17. The zero-order chi connectivity index (χ0) is 23.1. The maximum absolute atomic E-state index is 13.5. The molecular formula is C23H24N6O3S. The van der Waals surface area contributed by atoms with Crippen molar-refractivity contribution in [1.29, 1.82) is 0 Å². The van der Waals surface area contributed by atoms with Crippen LogP contribution >= 0.6 is 11.3 Å². The van der Waals surface area contributed by atoms with Gasteiger partial charge in [0.2, 0.25) is 0 Å². The van der Waals surface area contributed by atoms with Crippen LogP contribution in [0.4, 0.5) is 10.5 Å². The van der Waals surface area contributed by atoms with Gasteiger partial charge in [-0.2, -0.15) is 5.10 Å². The highest BCUT2D eigenvalue weighted by Crippen LogP contribution is 2.44. The number of hydrogen-bond donors (Lipinski definition) is 3. The minimum absolute atomic E-state index is 0.0647. The Morgan fingerprint density at radius 2 is 1.91 bits per heavy atom. The number of nitrogens with one attached hydrogen (secondary N) is 3. The maximum Gasteiger partial charge on any atom is 0.333 e. The van der Waals surface area contributed by atoms with Gasteiger partial charge in [-0.05, 0) is 25.2 Å². The van der Waals surface area contributed by atoms with Gasteiger partial charge in [-0.15, -0.1) is 11.3 Å². The van der Waals surface area contributed by atoms with Crippen LogP contribution in [0.1, 0.15) is 38.9 Å². The van der Waals surface area contributed by atoms with E-state index in [1.54, 1.807) is 18.2 Å². The molecule has 170 valence electrons. The van der Waals surface area contributed by atoms with Gasteiger partial charge in [0.25, 0.3) is 0 Å². The van der Waals surface area contributed by atoms with Crippen molar-refractivity contribution in [3.63, 3.8) is 0 Å². The number of thiophene rings is 1. The first-order valence-corrected chi connectivity index (χ1v) is 11.7. The summed E-state index contributed by atoms with van der Waals surface area (Å²) in [5.74, 6) is -0.133. The highest BCUT2D eigenvalue weighted by molar-refractivity contribution is 7.17. The third kappa shape index (κ3) is 3.86. The van der Waals surface area contributed by atoms with Crippen molar-refractivity contribution in [1.82, 2.24) is 25.5 Å². The second-order valence-electron chi connectivity index (χ2n) is 8.18. The van der Waals surface area contributed by atoms with Crippen LogP contribution in [0.25, 0.3) is 21.8 Å². The van der Waals surface area contributed by atoms with Gasteiger partial charge in [0.05, 0.1) is 32.3 Å². The molecule has 3 N–H and O–H groups in total. The number of amides is 2. The number of likely N-dealkylation sites (N-methyl/N-ethyl adjacent to an activating group) is 1. The Bertz CT molecular complexity index is 1250. The molecule has 10 heteroatoms. The molecule has 0 unspecified atom stereocenters. The third-order valence-corrected chi connectivity index (χ3v) is 7.14. The van der Waals surface area contributed by atoms with Crippen molar-refractivity contribution < 1.29 is 14.4 Å². The van der Waals surface area contributed by atoms with E-state index in [4.69, 9.17) is 0 Å². The number of piperazine rings is 1. The second-order valence-corrected chi connectivity index (χ2v) is 9.26. The number of hydrogen-bond acceptors (Lipinski definition) is 7. The van der Waals surface area contributed by atoms with Crippen LogP contribution in [0, 0.1) is 0 Å². The van der Waals surface area contributed by atoms with Crippen molar-refractivity contribution in [2.24, 2.45) is 0 Å². The van der Waals surface area contributed by atoms with E-state index < -0.39 is 0 Å². The number of ketones is 2. The summed E-state index contributed by atoms with van der Waals surface area (Å²) in [5.41, 5.74) is 6.04. The van der Waals surface area contributed by atoms with E-state index in [9.17, 15) is 14.4 Å². The van der Waals surface area contributed by atoms with E-state index in [0.29, 0.717) is 45.1 Å². The summed E-state index contributed by atoms with van der Waals surface area (Å²) >= 11 is 1.34. The van der Waals surface area contributed by atoms with Gasteiger partial charge in [-0.3, -0.25) is 20.1 Å². The summed E-state index contributed by atoms with van der Waals surface area (Å²) in [7, 11) is 2.05. The van der Waals surface area contributed by atoms with E-state index in [0.717, 1.165) is 31.1 Å². The summed E-state index contributed by atoms with van der Waals surface area (Å²) < 4.78 is 0. The SMILES string of the molecule is CCC(=O)c1ccc(-c2[nH]nc3c2C(=O)c2c(NC(=O)NN4CCN(C)CC4)cccc2-3)s1. The Morgan fingerprint density at radius 1 is 1.12 bits per heavy atom. The zero-order valence-electron chi connectivity index (χ0n) is 18.4. The molecule has 1 saturated heterocycles. The molecule has 3 heterocycles. The number of H-pyrrole nitrogens is 1. The fraction of sp³-hybridized carbons (Fsp3) is 0.304. The minimum Gasteiger partial charge on any atom is -0.306 e. The predicted octanol–water partition coefficient (Wildman–Crippen LogP) is 3.23. The number of carbonyl (C=O) groups is 3. The van der Waals surface area contributed by atoms with E-state index in [2.05, 4.69) is 25.8 Å². The lowest BCUT2D eigenvalue weighted by Crippen LogP contribution is -2.53. The number of benzene rings is 1. The number of fused-ring (bicyclic) bond motifs is 3. The summed E-state index contributed by atoms with van der Waals surface area (Å²) in [6.07, 6.45) is 0.427. The summed E-state index contributed by atoms with van der Waals surface area (Å²) in [6, 6.07) is 8.58. The van der Waals surface area contributed by atoms with Crippen LogP contribution in [0.5, 0.6) is 0 Å². The molecule has 2 amide bonds. The van der Waals surface area contributed by atoms with Crippen molar-refractivity contribution >= 4 is 34.6 Å². The Hall–Kier alpha value is -3.34. The minimum atomic E-state index is -0.381. The lowest BCUT2D eigenvalue weighted by atomic mass is 10.1. The molecule has 0 bridgehead atoms. The largest absolute Gasteiger partial charge is 0.333 e. The third-order valence-electron chi connectivity index (χ3n) is 6.00. The van der Waals surface area contributed by atoms with Crippen molar-refractivity contribution in [3.8, 4) is 21.8 Å². The van der Waals surface area contributed by atoms with Crippen LogP contribution in [-0.2, 0) is 0 Å². The maximum atomic E-state index is 13.5. The average molecular weight is 465 g/mol. The molecule has 9 nitrogen and oxygen atoms in total. The Morgan fingerprint density at radius 3 is 2.67 bits per heavy atom. The number of hydrazine groups is 1. The number of anilines is 1. The number of aromatic amines is 1. The van der Waals surface area contributed by atoms with Crippen LogP contribution in [0.2, 0.25) is 0 Å². The van der Waals surface area contributed by atoms with E-state index in [1.807, 2.05) is 31.1 Å². The Labute approximate surface area is 194 Å². The van der Waals surface area contributed by atoms with Crippen LogP contribution in [0.15, 0.2) is 30.3 Å². The molecule has 33 heavy (non-hydrogen) atoms. The summed E-state index contributed by atoms with van der Waals surface area (Å²) in [4.78, 5) is 41.8. The first-order valence-electron chi connectivity index (χ1n) is 10.9. The van der Waals surface area contributed by atoms with Gasteiger partial charge in [-0.1, -0.05) is 19.1 Å². The van der Waals surface area contributed by atoms with Crippen LogP contribution in [0.3, 0.4) is 0 Å². The molecule has 0 saturated carbocycles. The quantitative estimate of drug-likeness (QED) is 0.391. The standard InChI is InChI=1S/C23H24N6O3S/c1-3-15(30)16-7-8-17(33-16)21-19-20(25-26-21)13-5-4-6-14(18(13)22(19)31)24-23(32)27-29-11-9-28(2)10-12-29/h4-8H,3,9-12H2,1-2H3,(H,25,26)(H2,24,27,32). The second kappa shape index (κ2) is 8.54. The molecule has 0 spiro atoms. The first-order chi connectivity index (χ1) is 16.0. The van der Waals surface area contributed by atoms with Crippen molar-refractivity contribution in [3.05, 3.63) is 46.3 Å². The van der Waals surface area contributed by atoms with Crippen molar-refractivity contribution in [2.45, 2.75) is 13.3 Å². The van der Waals surface area contributed by atoms with Gasteiger partial charge in [0.15, 0.2) is 11.6 Å². The molecule has 1 aromatic carbocycles. The highest BCUT2D eigenvalue weighted by atomic mass is 32.1. The predicted molar refractivity (Wildman–Crippen MR) is 127 cm³/mol. The molecule has 2 aliphatic rings. The van der Waals surface area contributed by atoms with Crippen LogP contribution < -0.4 is 10.7 Å². The monoisotopic (exact) mass is 464 g/mol. The fourth-order valence-corrected chi connectivity index (χ4v) is 5.19. The molecule has 0 atom stereocenters. The Balaban J connectivity index is 1.40. The number of carbonyl (C=O) groups excluding carboxylic acids is 3. The van der Waals surface area contributed by atoms with Gasteiger partial charge >= 0.3 is 6.03 Å². The number of aromatic nitrogens is 2. The number of rotatable bonds is 5. The lowest BCUT2D eigenvalue weighted by Gasteiger charge is -2.32. The molecule has 3 aromatic rings. The van der Waals surface area contributed by atoms with E-state index in [-0.39, 0.29) is 17.6 Å². The summed E-state index contributed by atoms with van der Waals surface area (Å²) in [5, 5.41) is 12.1.